The van der Waals surface area contributed by atoms with Crippen LogP contribution in [0.3, 0.4) is 0 Å². The van der Waals surface area contributed by atoms with E-state index in [-0.39, 0.29) is 11.9 Å². The van der Waals surface area contributed by atoms with Gasteiger partial charge in [0.2, 0.25) is 0 Å². The van der Waals surface area contributed by atoms with Gasteiger partial charge in [-0.3, -0.25) is 4.79 Å². The number of halogens is 1. The standard InChI is InChI=1S/C11H16BrN3O/c1-8(7-15(2)3)14-11(16)9-4-5-13-10(12)6-9/h4-6,8H,7H2,1-3H3,(H,14,16). The number of amides is 1. The number of aromatic nitrogens is 1. The van der Waals surface area contributed by atoms with Crippen molar-refractivity contribution in [2.75, 3.05) is 20.6 Å². The lowest BCUT2D eigenvalue weighted by Crippen LogP contribution is -2.39. The predicted molar refractivity (Wildman–Crippen MR) is 67.4 cm³/mol. The second-order valence-electron chi connectivity index (χ2n) is 4.00. The summed E-state index contributed by atoms with van der Waals surface area (Å²) < 4.78 is 0.667. The molecule has 1 amide bonds. The SMILES string of the molecule is CC(CN(C)C)NC(=O)c1ccnc(Br)c1. The highest BCUT2D eigenvalue weighted by atomic mass is 79.9. The van der Waals surface area contributed by atoms with Crippen molar-refractivity contribution < 1.29 is 4.79 Å². The molecule has 1 atom stereocenters. The fraction of sp³-hybridized carbons (Fsp3) is 0.455. The molecule has 0 aliphatic rings. The van der Waals surface area contributed by atoms with E-state index in [4.69, 9.17) is 0 Å². The van der Waals surface area contributed by atoms with E-state index in [0.29, 0.717) is 10.2 Å². The van der Waals surface area contributed by atoms with E-state index in [2.05, 4.69) is 26.2 Å². The van der Waals surface area contributed by atoms with Gasteiger partial charge in [0, 0.05) is 24.3 Å². The number of pyridine rings is 1. The van der Waals surface area contributed by atoms with Gasteiger partial charge in [0.1, 0.15) is 4.60 Å². The number of carbonyl (C=O) groups excluding carboxylic acids is 1. The van der Waals surface area contributed by atoms with Crippen LogP contribution in [0.15, 0.2) is 22.9 Å². The number of likely N-dealkylation sites (N-methyl/N-ethyl adjacent to an activating group) is 1. The number of rotatable bonds is 4. The molecule has 4 nitrogen and oxygen atoms in total. The summed E-state index contributed by atoms with van der Waals surface area (Å²) in [5.41, 5.74) is 0.618. The minimum atomic E-state index is -0.0718. The Morgan fingerprint density at radius 2 is 2.31 bits per heavy atom. The molecule has 1 unspecified atom stereocenters. The molecule has 0 saturated carbocycles. The van der Waals surface area contributed by atoms with Crippen molar-refractivity contribution in [2.45, 2.75) is 13.0 Å². The molecule has 0 spiro atoms. The number of nitrogens with one attached hydrogen (secondary N) is 1. The lowest BCUT2D eigenvalue weighted by atomic mass is 10.2. The van der Waals surface area contributed by atoms with Gasteiger partial charge in [-0.15, -0.1) is 0 Å². The van der Waals surface area contributed by atoms with Gasteiger partial charge in [-0.25, -0.2) is 4.98 Å². The second kappa shape index (κ2) is 5.96. The lowest BCUT2D eigenvalue weighted by Gasteiger charge is -2.18. The van der Waals surface area contributed by atoms with E-state index in [1.165, 1.54) is 0 Å². The number of nitrogens with zero attached hydrogens (tertiary/aromatic N) is 2. The summed E-state index contributed by atoms with van der Waals surface area (Å²) in [6.45, 7) is 2.80. The van der Waals surface area contributed by atoms with Crippen molar-refractivity contribution in [2.24, 2.45) is 0 Å². The van der Waals surface area contributed by atoms with Gasteiger partial charge in [-0.2, -0.15) is 0 Å². The summed E-state index contributed by atoms with van der Waals surface area (Å²) in [7, 11) is 3.96. The molecular formula is C11H16BrN3O. The van der Waals surface area contributed by atoms with Crippen LogP contribution >= 0.6 is 15.9 Å². The van der Waals surface area contributed by atoms with Crippen LogP contribution in [0.5, 0.6) is 0 Å². The van der Waals surface area contributed by atoms with Crippen LogP contribution < -0.4 is 5.32 Å². The van der Waals surface area contributed by atoms with E-state index in [1.807, 2.05) is 25.9 Å². The monoisotopic (exact) mass is 285 g/mol. The Morgan fingerprint density at radius 3 is 2.88 bits per heavy atom. The van der Waals surface area contributed by atoms with Gasteiger partial charge in [0.05, 0.1) is 0 Å². The molecule has 16 heavy (non-hydrogen) atoms. The van der Waals surface area contributed by atoms with E-state index in [0.717, 1.165) is 6.54 Å². The van der Waals surface area contributed by atoms with Crippen molar-refractivity contribution in [3.63, 3.8) is 0 Å². The maximum Gasteiger partial charge on any atom is 0.251 e. The van der Waals surface area contributed by atoms with Crippen LogP contribution in [0.4, 0.5) is 0 Å². The number of hydrogen-bond acceptors (Lipinski definition) is 3. The smallest absolute Gasteiger partial charge is 0.251 e. The van der Waals surface area contributed by atoms with Crippen molar-refractivity contribution in [1.82, 2.24) is 15.2 Å². The molecular weight excluding hydrogens is 270 g/mol. The Labute approximate surface area is 104 Å². The molecule has 1 aromatic rings. The highest BCUT2D eigenvalue weighted by molar-refractivity contribution is 9.10. The second-order valence-corrected chi connectivity index (χ2v) is 4.82. The van der Waals surface area contributed by atoms with E-state index in [1.54, 1.807) is 18.3 Å². The van der Waals surface area contributed by atoms with Gasteiger partial charge >= 0.3 is 0 Å². The summed E-state index contributed by atoms with van der Waals surface area (Å²) in [5, 5.41) is 2.93. The molecule has 0 saturated heterocycles. The summed E-state index contributed by atoms with van der Waals surface area (Å²) in [6, 6.07) is 3.52. The molecule has 0 fully saturated rings. The zero-order chi connectivity index (χ0) is 12.1. The molecule has 1 N–H and O–H groups in total. The largest absolute Gasteiger partial charge is 0.348 e. The van der Waals surface area contributed by atoms with E-state index >= 15 is 0 Å². The number of hydrogen-bond donors (Lipinski definition) is 1. The Morgan fingerprint density at radius 1 is 1.62 bits per heavy atom. The highest BCUT2D eigenvalue weighted by Crippen LogP contribution is 2.08. The van der Waals surface area contributed by atoms with Gasteiger partial charge in [0.25, 0.3) is 5.91 Å². The Hall–Kier alpha value is -0.940. The molecule has 0 aliphatic heterocycles. The molecule has 0 aromatic carbocycles. The number of carbonyl (C=O) groups is 1. The Bertz CT molecular complexity index is 368. The minimum Gasteiger partial charge on any atom is -0.348 e. The summed E-state index contributed by atoms with van der Waals surface area (Å²) in [5.74, 6) is -0.0718. The zero-order valence-corrected chi connectivity index (χ0v) is 11.3. The first kappa shape index (κ1) is 13.1. The maximum atomic E-state index is 11.8. The maximum absolute atomic E-state index is 11.8. The summed E-state index contributed by atoms with van der Waals surface area (Å²) >= 11 is 3.24. The van der Waals surface area contributed by atoms with Crippen LogP contribution in [-0.2, 0) is 0 Å². The van der Waals surface area contributed by atoms with Gasteiger partial charge in [-0.05, 0) is 49.1 Å². The molecule has 1 rings (SSSR count). The molecule has 88 valence electrons. The third-order valence-corrected chi connectivity index (χ3v) is 2.44. The molecule has 0 aliphatic carbocycles. The van der Waals surface area contributed by atoms with E-state index < -0.39 is 0 Å². The first-order valence-electron chi connectivity index (χ1n) is 5.06. The van der Waals surface area contributed by atoms with Gasteiger partial charge < -0.3 is 10.2 Å². The van der Waals surface area contributed by atoms with Crippen LogP contribution in [0.2, 0.25) is 0 Å². The van der Waals surface area contributed by atoms with Crippen LogP contribution in [0, 0.1) is 0 Å². The third kappa shape index (κ3) is 4.28. The average Bonchev–Trinajstić information content (AvgIpc) is 2.16. The first-order chi connectivity index (χ1) is 7.49. The summed E-state index contributed by atoms with van der Waals surface area (Å²) in [6.07, 6.45) is 1.61. The summed E-state index contributed by atoms with van der Waals surface area (Å²) in [4.78, 5) is 17.8. The highest BCUT2D eigenvalue weighted by Gasteiger charge is 2.10. The fourth-order valence-corrected chi connectivity index (χ4v) is 1.81. The average molecular weight is 286 g/mol. The van der Waals surface area contributed by atoms with Crippen molar-refractivity contribution >= 4 is 21.8 Å². The van der Waals surface area contributed by atoms with E-state index in [9.17, 15) is 4.79 Å². The van der Waals surface area contributed by atoms with Crippen molar-refractivity contribution in [3.05, 3.63) is 28.5 Å². The van der Waals surface area contributed by atoms with Crippen molar-refractivity contribution in [1.29, 1.82) is 0 Å². The predicted octanol–water partition coefficient (Wildman–Crippen LogP) is 1.52. The van der Waals surface area contributed by atoms with Gasteiger partial charge in [-0.1, -0.05) is 0 Å². The van der Waals surface area contributed by atoms with Crippen LogP contribution in [-0.4, -0.2) is 42.5 Å². The molecule has 1 heterocycles. The molecule has 5 heteroatoms. The van der Waals surface area contributed by atoms with Gasteiger partial charge in [0.15, 0.2) is 0 Å². The van der Waals surface area contributed by atoms with Crippen LogP contribution in [0.25, 0.3) is 0 Å². The molecule has 0 radical (unpaired) electrons. The fourth-order valence-electron chi connectivity index (χ4n) is 1.44. The third-order valence-electron chi connectivity index (χ3n) is 2.01. The van der Waals surface area contributed by atoms with Crippen molar-refractivity contribution in [3.8, 4) is 0 Å². The zero-order valence-electron chi connectivity index (χ0n) is 9.70. The Kier molecular flexibility index (Phi) is 4.89. The minimum absolute atomic E-state index is 0.0718. The first-order valence-corrected chi connectivity index (χ1v) is 5.85. The van der Waals surface area contributed by atoms with Crippen LogP contribution in [0.1, 0.15) is 17.3 Å². The molecule has 1 aromatic heterocycles. The lowest BCUT2D eigenvalue weighted by molar-refractivity contribution is 0.0934. The topological polar surface area (TPSA) is 45.2 Å². The Balaban J connectivity index is 2.59. The molecule has 0 bridgehead atoms. The quantitative estimate of drug-likeness (QED) is 0.854. The normalized spacial score (nSPS) is 12.6.